The number of hydrogen-bond acceptors (Lipinski definition) is 5. The number of aliphatic carboxylic acids is 1. The summed E-state index contributed by atoms with van der Waals surface area (Å²) < 4.78 is 59.8. The Kier molecular flexibility index (Phi) is 8.59. The molecule has 3 aromatic rings. The SMILES string of the molecule is COc1ccc2ncc(F)c(CCCC3(C(=O)O)CCN(CCSc4cc(F)c(F)c(F)c4)CC3)c2c1. The van der Waals surface area contributed by atoms with Gasteiger partial charge in [0.15, 0.2) is 17.5 Å². The normalized spacial score (nSPS) is 15.7. The second kappa shape index (κ2) is 11.7. The van der Waals surface area contributed by atoms with Crippen LogP contribution in [0.4, 0.5) is 17.6 Å². The molecule has 37 heavy (non-hydrogen) atoms. The van der Waals surface area contributed by atoms with Gasteiger partial charge in [0.2, 0.25) is 0 Å². The highest BCUT2D eigenvalue weighted by atomic mass is 32.2. The van der Waals surface area contributed by atoms with E-state index < -0.39 is 34.7 Å². The van der Waals surface area contributed by atoms with Gasteiger partial charge in [-0.3, -0.25) is 9.78 Å². The first-order valence-corrected chi connectivity index (χ1v) is 13.1. The van der Waals surface area contributed by atoms with E-state index in [1.165, 1.54) is 25.1 Å². The number of ether oxygens (including phenoxy) is 1. The highest BCUT2D eigenvalue weighted by Gasteiger charge is 2.40. The summed E-state index contributed by atoms with van der Waals surface area (Å²) in [4.78, 5) is 18.8. The molecule has 0 spiro atoms. The van der Waals surface area contributed by atoms with Crippen LogP contribution in [0.1, 0.15) is 31.2 Å². The standard InChI is InChI=1S/C27H28F4N2O3S/c1-36-17-4-5-24-20(13-17)19(23(30)16-32-24)3-2-6-27(26(34)35)7-9-33(10-8-27)11-12-37-18-14-21(28)25(31)22(29)15-18/h4-5,13-16H,2-3,6-12H2,1H3,(H,34,35). The zero-order valence-electron chi connectivity index (χ0n) is 20.4. The highest BCUT2D eigenvalue weighted by Crippen LogP contribution is 2.38. The Balaban J connectivity index is 1.32. The summed E-state index contributed by atoms with van der Waals surface area (Å²) in [5.41, 5.74) is 0.277. The third-order valence-electron chi connectivity index (χ3n) is 7.12. The summed E-state index contributed by atoms with van der Waals surface area (Å²) in [6.07, 6.45) is 3.43. The predicted octanol–water partition coefficient (Wildman–Crippen LogP) is 6.08. The molecular formula is C27H28F4N2O3S. The van der Waals surface area contributed by atoms with E-state index in [9.17, 15) is 27.5 Å². The molecule has 1 saturated heterocycles. The van der Waals surface area contributed by atoms with E-state index in [1.807, 2.05) is 0 Å². The fraction of sp³-hybridized carbons (Fsp3) is 0.407. The minimum Gasteiger partial charge on any atom is -0.497 e. The second-order valence-electron chi connectivity index (χ2n) is 9.30. The van der Waals surface area contributed by atoms with Crippen LogP contribution in [-0.4, -0.2) is 53.5 Å². The highest BCUT2D eigenvalue weighted by molar-refractivity contribution is 7.99. The summed E-state index contributed by atoms with van der Waals surface area (Å²) in [7, 11) is 1.54. The molecule has 1 aliphatic rings. The minimum atomic E-state index is -1.48. The van der Waals surface area contributed by atoms with Crippen molar-refractivity contribution in [1.29, 1.82) is 0 Å². The number of pyridine rings is 1. The molecule has 10 heteroatoms. The number of carboxylic acid groups (broad SMARTS) is 1. The van der Waals surface area contributed by atoms with Gasteiger partial charge in [-0.15, -0.1) is 11.8 Å². The maximum absolute atomic E-state index is 14.6. The van der Waals surface area contributed by atoms with Crippen molar-refractivity contribution in [3.8, 4) is 5.75 Å². The third-order valence-corrected chi connectivity index (χ3v) is 8.07. The molecule has 0 amide bonds. The zero-order chi connectivity index (χ0) is 26.6. The van der Waals surface area contributed by atoms with Crippen molar-refractivity contribution in [1.82, 2.24) is 9.88 Å². The zero-order valence-corrected chi connectivity index (χ0v) is 21.2. The molecule has 1 N–H and O–H groups in total. The van der Waals surface area contributed by atoms with Crippen molar-refractivity contribution in [2.75, 3.05) is 32.5 Å². The number of carboxylic acids is 1. The average Bonchev–Trinajstić information content (AvgIpc) is 2.89. The van der Waals surface area contributed by atoms with Crippen molar-refractivity contribution < 1.29 is 32.2 Å². The van der Waals surface area contributed by atoms with Crippen LogP contribution in [0, 0.1) is 28.7 Å². The Morgan fingerprint density at radius 2 is 1.81 bits per heavy atom. The smallest absolute Gasteiger partial charge is 0.309 e. The number of benzene rings is 2. The molecule has 0 radical (unpaired) electrons. The summed E-state index contributed by atoms with van der Waals surface area (Å²) in [5.74, 6) is -4.05. The van der Waals surface area contributed by atoms with Crippen molar-refractivity contribution in [2.24, 2.45) is 5.41 Å². The lowest BCUT2D eigenvalue weighted by atomic mass is 9.74. The number of methoxy groups -OCH3 is 1. The molecule has 2 heterocycles. The van der Waals surface area contributed by atoms with Gasteiger partial charge in [0.05, 0.1) is 24.2 Å². The Bertz CT molecular complexity index is 1260. The van der Waals surface area contributed by atoms with E-state index in [2.05, 4.69) is 9.88 Å². The first kappa shape index (κ1) is 27.2. The number of aryl methyl sites for hydroxylation is 1. The Hall–Kier alpha value is -2.85. The maximum atomic E-state index is 14.6. The molecule has 0 saturated carbocycles. The van der Waals surface area contributed by atoms with Gasteiger partial charge >= 0.3 is 5.97 Å². The number of piperidine rings is 1. The Morgan fingerprint density at radius 3 is 2.46 bits per heavy atom. The summed E-state index contributed by atoms with van der Waals surface area (Å²) in [5, 5.41) is 10.7. The lowest BCUT2D eigenvalue weighted by Crippen LogP contribution is -2.45. The minimum absolute atomic E-state index is 0.307. The molecule has 198 valence electrons. The van der Waals surface area contributed by atoms with E-state index in [4.69, 9.17) is 4.74 Å². The molecule has 1 fully saturated rings. The van der Waals surface area contributed by atoms with Gasteiger partial charge < -0.3 is 14.7 Å². The van der Waals surface area contributed by atoms with Gasteiger partial charge in [-0.05, 0) is 81.1 Å². The van der Waals surface area contributed by atoms with E-state index in [1.54, 1.807) is 18.2 Å². The number of thioether (sulfide) groups is 1. The lowest BCUT2D eigenvalue weighted by Gasteiger charge is -2.39. The monoisotopic (exact) mass is 536 g/mol. The molecule has 0 atom stereocenters. The fourth-order valence-corrected chi connectivity index (χ4v) is 5.83. The molecule has 0 unspecified atom stereocenters. The van der Waals surface area contributed by atoms with Crippen LogP contribution in [0.3, 0.4) is 0 Å². The quantitative estimate of drug-likeness (QED) is 0.193. The number of hydrogen-bond donors (Lipinski definition) is 1. The number of likely N-dealkylation sites (tertiary alicyclic amines) is 1. The van der Waals surface area contributed by atoms with Gasteiger partial charge in [0, 0.05) is 22.6 Å². The summed E-state index contributed by atoms with van der Waals surface area (Å²) in [6.45, 7) is 1.75. The Morgan fingerprint density at radius 1 is 1.11 bits per heavy atom. The second-order valence-corrected chi connectivity index (χ2v) is 10.5. The average molecular weight is 537 g/mol. The molecule has 5 nitrogen and oxygen atoms in total. The molecule has 1 aromatic heterocycles. The number of halogens is 4. The van der Waals surface area contributed by atoms with E-state index in [-0.39, 0.29) is 0 Å². The molecule has 1 aliphatic heterocycles. The van der Waals surface area contributed by atoms with Gasteiger partial charge in [0.1, 0.15) is 11.6 Å². The van der Waals surface area contributed by atoms with E-state index >= 15 is 0 Å². The van der Waals surface area contributed by atoms with Crippen LogP contribution in [0.5, 0.6) is 5.75 Å². The number of carbonyl (C=O) groups is 1. The van der Waals surface area contributed by atoms with Gasteiger partial charge in [-0.25, -0.2) is 17.6 Å². The first-order chi connectivity index (χ1) is 17.7. The fourth-order valence-electron chi connectivity index (χ4n) is 4.87. The van der Waals surface area contributed by atoms with Crippen molar-refractivity contribution >= 4 is 28.6 Å². The van der Waals surface area contributed by atoms with Crippen LogP contribution in [0.2, 0.25) is 0 Å². The summed E-state index contributed by atoms with van der Waals surface area (Å²) in [6, 6.07) is 7.23. The van der Waals surface area contributed by atoms with Gasteiger partial charge in [-0.2, -0.15) is 0 Å². The van der Waals surface area contributed by atoms with Crippen molar-refractivity contribution in [3.05, 3.63) is 65.4 Å². The first-order valence-electron chi connectivity index (χ1n) is 12.1. The Labute approximate surface area is 216 Å². The molecule has 0 aliphatic carbocycles. The number of nitrogens with zero attached hydrogens (tertiary/aromatic N) is 2. The molecule has 2 aromatic carbocycles. The molecule has 0 bridgehead atoms. The van der Waals surface area contributed by atoms with Gasteiger partial charge in [-0.1, -0.05) is 0 Å². The van der Waals surface area contributed by atoms with Crippen molar-refractivity contribution in [2.45, 2.75) is 37.0 Å². The third kappa shape index (κ3) is 6.18. The topological polar surface area (TPSA) is 62.7 Å². The maximum Gasteiger partial charge on any atom is 0.309 e. The molecular weight excluding hydrogens is 508 g/mol. The summed E-state index contributed by atoms with van der Waals surface area (Å²) >= 11 is 1.22. The van der Waals surface area contributed by atoms with Crippen LogP contribution >= 0.6 is 11.8 Å². The van der Waals surface area contributed by atoms with Crippen LogP contribution in [0.15, 0.2) is 41.4 Å². The lowest BCUT2D eigenvalue weighted by molar-refractivity contribution is -0.152. The number of rotatable bonds is 10. The van der Waals surface area contributed by atoms with Gasteiger partial charge in [0.25, 0.3) is 0 Å². The molecule has 4 rings (SSSR count). The number of aromatic nitrogens is 1. The van der Waals surface area contributed by atoms with Crippen LogP contribution < -0.4 is 4.74 Å². The predicted molar refractivity (Wildman–Crippen MR) is 134 cm³/mol. The largest absolute Gasteiger partial charge is 0.497 e. The van der Waals surface area contributed by atoms with Crippen LogP contribution in [-0.2, 0) is 11.2 Å². The number of fused-ring (bicyclic) bond motifs is 1. The van der Waals surface area contributed by atoms with E-state index in [0.29, 0.717) is 84.6 Å². The van der Waals surface area contributed by atoms with E-state index in [0.717, 1.165) is 12.1 Å². The van der Waals surface area contributed by atoms with Crippen molar-refractivity contribution in [3.63, 3.8) is 0 Å². The van der Waals surface area contributed by atoms with Crippen LogP contribution in [0.25, 0.3) is 10.9 Å².